The molecule has 0 spiro atoms. The van der Waals surface area contributed by atoms with Gasteiger partial charge in [-0.25, -0.2) is 4.98 Å². The minimum Gasteiger partial charge on any atom is -0.469 e. The van der Waals surface area contributed by atoms with E-state index in [0.717, 1.165) is 5.56 Å². The van der Waals surface area contributed by atoms with Gasteiger partial charge >= 0.3 is 13.1 Å². The van der Waals surface area contributed by atoms with Gasteiger partial charge in [-0.05, 0) is 45.4 Å². The maximum atomic E-state index is 11.8. The molecule has 5 nitrogen and oxygen atoms in total. The average molecular weight is 326 g/mol. The van der Waals surface area contributed by atoms with Crippen molar-refractivity contribution in [2.75, 3.05) is 7.11 Å². The summed E-state index contributed by atoms with van der Waals surface area (Å²) in [6, 6.07) is 3.53. The summed E-state index contributed by atoms with van der Waals surface area (Å²) >= 11 is 5.97. The van der Waals surface area contributed by atoms with Gasteiger partial charge in [-0.1, -0.05) is 11.6 Å². The van der Waals surface area contributed by atoms with Crippen LogP contribution in [0.15, 0.2) is 18.3 Å². The Morgan fingerprint density at radius 1 is 1.36 bits per heavy atom. The number of esters is 1. The molecule has 0 aliphatic carbocycles. The maximum Gasteiger partial charge on any atom is 0.466 e. The molecular formula is C15H21BClNO4. The minimum absolute atomic E-state index is 0.146. The molecule has 2 heterocycles. The predicted molar refractivity (Wildman–Crippen MR) is 84.7 cm³/mol. The number of nitrogens with zero attached hydrogens (tertiary/aromatic N) is 1. The molecule has 2 rings (SSSR count). The van der Waals surface area contributed by atoms with Crippen LogP contribution in [0.2, 0.25) is 5.15 Å². The van der Waals surface area contributed by atoms with E-state index in [1.54, 1.807) is 12.3 Å². The highest BCUT2D eigenvalue weighted by molar-refractivity contribution is 6.48. The zero-order valence-corrected chi connectivity index (χ0v) is 14.3. The Bertz CT molecular complexity index is 548. The second-order valence-electron chi connectivity index (χ2n) is 6.42. The molecule has 1 aliphatic heterocycles. The van der Waals surface area contributed by atoms with Crippen molar-refractivity contribution < 1.29 is 18.8 Å². The van der Waals surface area contributed by atoms with Crippen molar-refractivity contribution in [2.45, 2.75) is 51.1 Å². The summed E-state index contributed by atoms with van der Waals surface area (Å²) in [5, 5.41) is 0.365. The number of hydrogen-bond acceptors (Lipinski definition) is 5. The molecule has 0 aromatic carbocycles. The minimum atomic E-state index is -0.553. The van der Waals surface area contributed by atoms with Crippen molar-refractivity contribution in [3.8, 4) is 0 Å². The Kier molecular flexibility index (Phi) is 4.85. The molecule has 1 aromatic heterocycles. The highest BCUT2D eigenvalue weighted by Crippen LogP contribution is 2.41. The lowest BCUT2D eigenvalue weighted by atomic mass is 9.66. The smallest absolute Gasteiger partial charge is 0.466 e. The van der Waals surface area contributed by atoms with Gasteiger partial charge < -0.3 is 14.0 Å². The molecular weight excluding hydrogens is 304 g/mol. The zero-order valence-electron chi connectivity index (χ0n) is 13.6. The van der Waals surface area contributed by atoms with E-state index < -0.39 is 18.3 Å². The largest absolute Gasteiger partial charge is 0.469 e. The van der Waals surface area contributed by atoms with Crippen LogP contribution in [-0.4, -0.2) is 36.4 Å². The van der Waals surface area contributed by atoms with Crippen LogP contribution in [0.25, 0.3) is 0 Å². The second kappa shape index (κ2) is 6.18. The maximum absolute atomic E-state index is 11.8. The lowest BCUT2D eigenvalue weighted by Gasteiger charge is -2.32. The molecule has 0 amide bonds. The first-order valence-electron chi connectivity index (χ1n) is 7.20. The summed E-state index contributed by atoms with van der Waals surface area (Å²) in [5.74, 6) is -0.637. The lowest BCUT2D eigenvalue weighted by molar-refractivity contribution is -0.140. The zero-order chi connectivity index (χ0) is 16.5. The number of carbonyl (C=O) groups excluding carboxylic acids is 1. The molecule has 1 saturated heterocycles. The number of rotatable bonds is 4. The van der Waals surface area contributed by atoms with Gasteiger partial charge in [0.2, 0.25) is 0 Å². The van der Waals surface area contributed by atoms with Crippen LogP contribution in [0, 0.1) is 0 Å². The number of methoxy groups -OCH3 is 1. The number of carbonyl (C=O) groups is 1. The number of halogens is 1. The van der Waals surface area contributed by atoms with Crippen LogP contribution in [0.5, 0.6) is 0 Å². The highest BCUT2D eigenvalue weighted by Gasteiger charge is 2.54. The van der Waals surface area contributed by atoms with E-state index in [0.29, 0.717) is 5.15 Å². The molecule has 7 heteroatoms. The average Bonchev–Trinajstić information content (AvgIpc) is 2.64. The first kappa shape index (κ1) is 17.3. The summed E-state index contributed by atoms with van der Waals surface area (Å²) in [6.45, 7) is 7.90. The predicted octanol–water partition coefficient (Wildman–Crippen LogP) is 3.01. The van der Waals surface area contributed by atoms with Crippen molar-refractivity contribution in [3.05, 3.63) is 29.0 Å². The Morgan fingerprint density at radius 3 is 2.45 bits per heavy atom. The molecule has 0 N–H and O–H groups in total. The SMILES string of the molecule is COC(=O)CC(B1OC(C)(C)C(C)(C)O1)c1ccnc(Cl)c1. The van der Waals surface area contributed by atoms with Gasteiger partial charge in [0, 0.05) is 12.0 Å². The highest BCUT2D eigenvalue weighted by atomic mass is 35.5. The molecule has 1 unspecified atom stereocenters. The summed E-state index contributed by atoms with van der Waals surface area (Å²) in [5.41, 5.74) is -0.102. The van der Waals surface area contributed by atoms with Crippen molar-refractivity contribution in [1.29, 1.82) is 0 Å². The third kappa shape index (κ3) is 3.45. The van der Waals surface area contributed by atoms with E-state index in [9.17, 15) is 4.79 Å². The Hall–Kier alpha value is -1.11. The Balaban J connectivity index is 2.32. The second-order valence-corrected chi connectivity index (χ2v) is 6.81. The van der Waals surface area contributed by atoms with Crippen LogP contribution >= 0.6 is 11.6 Å². The quantitative estimate of drug-likeness (QED) is 0.484. The first-order valence-corrected chi connectivity index (χ1v) is 7.58. The molecule has 1 aromatic rings. The monoisotopic (exact) mass is 325 g/mol. The summed E-state index contributed by atoms with van der Waals surface area (Å²) in [7, 11) is 0.811. The van der Waals surface area contributed by atoms with E-state index in [4.69, 9.17) is 25.6 Å². The fourth-order valence-electron chi connectivity index (χ4n) is 2.34. The molecule has 0 bridgehead atoms. The van der Waals surface area contributed by atoms with Gasteiger partial charge in [-0.15, -0.1) is 0 Å². The van der Waals surface area contributed by atoms with Crippen molar-refractivity contribution >= 4 is 24.7 Å². The van der Waals surface area contributed by atoms with Gasteiger partial charge in [0.15, 0.2) is 0 Å². The van der Waals surface area contributed by atoms with Gasteiger partial charge in [0.1, 0.15) is 5.15 Å². The summed E-state index contributed by atoms with van der Waals surface area (Å²) < 4.78 is 16.9. The van der Waals surface area contributed by atoms with Gasteiger partial charge in [-0.2, -0.15) is 0 Å². The fraction of sp³-hybridized carbons (Fsp3) is 0.600. The van der Waals surface area contributed by atoms with Crippen LogP contribution in [0.1, 0.15) is 45.5 Å². The molecule has 1 aliphatic rings. The van der Waals surface area contributed by atoms with E-state index in [-0.39, 0.29) is 18.2 Å². The topological polar surface area (TPSA) is 57.7 Å². The van der Waals surface area contributed by atoms with Crippen molar-refractivity contribution in [1.82, 2.24) is 4.98 Å². The normalized spacial score (nSPS) is 20.7. The van der Waals surface area contributed by atoms with Crippen LogP contribution in [0.4, 0.5) is 0 Å². The Labute approximate surface area is 136 Å². The standard InChI is InChI=1S/C15H21BClNO4/c1-14(2)15(3,4)22-16(21-14)11(9-13(19)20-5)10-6-7-18-12(17)8-10/h6-8,11H,9H2,1-5H3. The summed E-state index contributed by atoms with van der Waals surface area (Å²) in [4.78, 5) is 15.8. The van der Waals surface area contributed by atoms with Crippen molar-refractivity contribution in [2.24, 2.45) is 0 Å². The number of pyridine rings is 1. The van der Waals surface area contributed by atoms with Gasteiger partial charge in [-0.3, -0.25) is 4.79 Å². The Morgan fingerprint density at radius 2 is 1.95 bits per heavy atom. The number of aromatic nitrogens is 1. The summed E-state index contributed by atoms with van der Waals surface area (Å²) in [6.07, 6.45) is 1.75. The number of ether oxygens (including phenoxy) is 1. The fourth-order valence-corrected chi connectivity index (χ4v) is 2.52. The van der Waals surface area contributed by atoms with Gasteiger partial charge in [0.25, 0.3) is 0 Å². The van der Waals surface area contributed by atoms with Crippen LogP contribution < -0.4 is 0 Å². The molecule has 22 heavy (non-hydrogen) atoms. The van der Waals surface area contributed by atoms with Crippen LogP contribution in [-0.2, 0) is 18.8 Å². The third-order valence-corrected chi connectivity index (χ3v) is 4.60. The third-order valence-electron chi connectivity index (χ3n) is 4.39. The molecule has 0 radical (unpaired) electrons. The lowest BCUT2D eigenvalue weighted by Crippen LogP contribution is -2.41. The first-order chi connectivity index (χ1) is 10.2. The van der Waals surface area contributed by atoms with Gasteiger partial charge in [0.05, 0.1) is 24.7 Å². The number of hydrogen-bond donors (Lipinski definition) is 0. The van der Waals surface area contributed by atoms with E-state index in [1.807, 2.05) is 33.8 Å². The molecule has 120 valence electrons. The molecule has 1 fully saturated rings. The van der Waals surface area contributed by atoms with E-state index >= 15 is 0 Å². The van der Waals surface area contributed by atoms with Crippen molar-refractivity contribution in [3.63, 3.8) is 0 Å². The molecule has 1 atom stereocenters. The van der Waals surface area contributed by atoms with E-state index in [1.165, 1.54) is 7.11 Å². The van der Waals surface area contributed by atoms with E-state index in [2.05, 4.69) is 4.98 Å². The molecule has 0 saturated carbocycles. The van der Waals surface area contributed by atoms with Crippen LogP contribution in [0.3, 0.4) is 0 Å².